The van der Waals surface area contributed by atoms with E-state index in [1.165, 1.54) is 5.69 Å². The summed E-state index contributed by atoms with van der Waals surface area (Å²) in [6.45, 7) is 10.4. The zero-order valence-electron chi connectivity index (χ0n) is 9.34. The first-order chi connectivity index (χ1) is 6.45. The van der Waals surface area contributed by atoms with Gasteiger partial charge in [-0.2, -0.15) is 0 Å². The third-order valence-corrected chi connectivity index (χ3v) is 4.99. The fourth-order valence-electron chi connectivity index (χ4n) is 1.67. The Kier molecular flexibility index (Phi) is 3.78. The van der Waals surface area contributed by atoms with Crippen molar-refractivity contribution in [2.24, 2.45) is 0 Å². The molecule has 0 aromatic heterocycles. The fourth-order valence-corrected chi connectivity index (χ4v) is 3.80. The zero-order valence-corrected chi connectivity index (χ0v) is 11.9. The van der Waals surface area contributed by atoms with Crippen LogP contribution in [0.4, 0.5) is 5.69 Å². The third-order valence-electron chi connectivity index (χ3n) is 2.26. The number of hydrogen-bond donors (Lipinski definition) is 0. The Labute approximate surface area is 96.3 Å². The summed E-state index contributed by atoms with van der Waals surface area (Å²) in [6.07, 6.45) is 0. The molecule has 0 spiro atoms. The number of halogens is 1. The van der Waals surface area contributed by atoms with E-state index in [0.717, 1.165) is 11.0 Å². The molecule has 78 valence electrons. The van der Waals surface area contributed by atoms with Gasteiger partial charge in [0.25, 0.3) is 0 Å². The van der Waals surface area contributed by atoms with Crippen molar-refractivity contribution in [3.05, 3.63) is 28.7 Å². The molecule has 0 aliphatic carbocycles. The van der Waals surface area contributed by atoms with Gasteiger partial charge in [0.1, 0.15) is 8.24 Å². The lowest BCUT2D eigenvalue weighted by atomic mass is 10.3. The second kappa shape index (κ2) is 4.49. The molecule has 0 N–H and O–H groups in total. The Morgan fingerprint density at radius 1 is 1.14 bits per heavy atom. The topological polar surface area (TPSA) is 3.24 Å². The Balaban J connectivity index is 2.96. The van der Waals surface area contributed by atoms with E-state index in [1.54, 1.807) is 0 Å². The van der Waals surface area contributed by atoms with Gasteiger partial charge in [-0.1, -0.05) is 35.6 Å². The highest BCUT2D eigenvalue weighted by Crippen LogP contribution is 2.23. The number of rotatable bonds is 3. The van der Waals surface area contributed by atoms with Crippen molar-refractivity contribution < 1.29 is 0 Å². The van der Waals surface area contributed by atoms with Gasteiger partial charge in [-0.15, -0.1) is 0 Å². The van der Waals surface area contributed by atoms with E-state index in [-0.39, 0.29) is 0 Å². The smallest absolute Gasteiger partial charge is 0.147 e. The van der Waals surface area contributed by atoms with Gasteiger partial charge < -0.3 is 4.57 Å². The maximum atomic E-state index is 3.46. The molecule has 0 radical (unpaired) electrons. The molecule has 0 fully saturated rings. The van der Waals surface area contributed by atoms with Crippen molar-refractivity contribution >= 4 is 29.9 Å². The molecule has 1 nitrogen and oxygen atoms in total. The normalized spacial score (nSPS) is 11.5. The second-order valence-corrected chi connectivity index (χ2v) is 10.2. The summed E-state index contributed by atoms with van der Waals surface area (Å²) in [5.74, 6) is 0. The van der Waals surface area contributed by atoms with Crippen molar-refractivity contribution in [1.82, 2.24) is 0 Å². The summed E-state index contributed by atoms with van der Waals surface area (Å²) in [6, 6.07) is 8.59. The molecule has 0 heterocycles. The molecule has 0 amide bonds. The molecule has 1 aromatic carbocycles. The predicted octanol–water partition coefficient (Wildman–Crippen LogP) is 4.11. The monoisotopic (exact) mass is 271 g/mol. The van der Waals surface area contributed by atoms with Crippen LogP contribution >= 0.6 is 15.9 Å². The van der Waals surface area contributed by atoms with Crippen molar-refractivity contribution in [3.8, 4) is 0 Å². The van der Waals surface area contributed by atoms with E-state index >= 15 is 0 Å². The van der Waals surface area contributed by atoms with Crippen LogP contribution in [-0.4, -0.2) is 14.8 Å². The number of hydrogen-bond acceptors (Lipinski definition) is 1. The second-order valence-electron chi connectivity index (χ2n) is 4.39. The van der Waals surface area contributed by atoms with Crippen LogP contribution in [0.2, 0.25) is 19.6 Å². The molecule has 1 aromatic rings. The van der Waals surface area contributed by atoms with Gasteiger partial charge in [0.05, 0.1) is 0 Å². The predicted molar refractivity (Wildman–Crippen MR) is 70.5 cm³/mol. The van der Waals surface area contributed by atoms with E-state index in [0.29, 0.717) is 0 Å². The van der Waals surface area contributed by atoms with Crippen LogP contribution in [0.5, 0.6) is 0 Å². The highest BCUT2D eigenvalue weighted by molar-refractivity contribution is 9.10. The molecule has 0 aliphatic heterocycles. The van der Waals surface area contributed by atoms with Crippen LogP contribution in [0.3, 0.4) is 0 Å². The molecule has 14 heavy (non-hydrogen) atoms. The van der Waals surface area contributed by atoms with Gasteiger partial charge in [-0.05, 0) is 31.2 Å². The lowest BCUT2D eigenvalue weighted by Gasteiger charge is -2.35. The summed E-state index contributed by atoms with van der Waals surface area (Å²) in [5, 5.41) is 0. The molecular formula is C11H18BrNSi. The molecule has 0 aliphatic rings. The fraction of sp³-hybridized carbons (Fsp3) is 0.455. The van der Waals surface area contributed by atoms with Crippen LogP contribution in [0, 0.1) is 0 Å². The first-order valence-electron chi connectivity index (χ1n) is 4.98. The van der Waals surface area contributed by atoms with Crippen LogP contribution in [-0.2, 0) is 0 Å². The standard InChI is InChI=1S/C11H18BrNSi/c1-5-13(14(2,3)4)11-8-6-10(12)7-9-11/h6-9H,5H2,1-4H3. The highest BCUT2D eigenvalue weighted by Gasteiger charge is 2.22. The van der Waals surface area contributed by atoms with E-state index in [1.807, 2.05) is 0 Å². The summed E-state index contributed by atoms with van der Waals surface area (Å²) in [4.78, 5) is 0. The van der Waals surface area contributed by atoms with Gasteiger partial charge in [-0.25, -0.2) is 0 Å². The first kappa shape index (κ1) is 11.8. The zero-order chi connectivity index (χ0) is 10.8. The molecule has 0 unspecified atom stereocenters. The highest BCUT2D eigenvalue weighted by atomic mass is 79.9. The molecule has 3 heteroatoms. The largest absolute Gasteiger partial charge is 0.398 e. The van der Waals surface area contributed by atoms with E-state index < -0.39 is 8.24 Å². The van der Waals surface area contributed by atoms with Gasteiger partial charge in [0.15, 0.2) is 0 Å². The van der Waals surface area contributed by atoms with E-state index in [4.69, 9.17) is 0 Å². The Hall–Kier alpha value is -0.283. The van der Waals surface area contributed by atoms with Crippen LogP contribution in [0.25, 0.3) is 0 Å². The minimum atomic E-state index is -1.23. The third kappa shape index (κ3) is 2.85. The molecule has 0 saturated carbocycles. The van der Waals surface area contributed by atoms with Gasteiger partial charge >= 0.3 is 0 Å². The summed E-state index contributed by atoms with van der Waals surface area (Å²) in [5.41, 5.74) is 1.34. The van der Waals surface area contributed by atoms with Crippen molar-refractivity contribution in [1.29, 1.82) is 0 Å². The van der Waals surface area contributed by atoms with Gasteiger partial charge in [0, 0.05) is 16.7 Å². The lowest BCUT2D eigenvalue weighted by Crippen LogP contribution is -2.46. The van der Waals surface area contributed by atoms with E-state index in [9.17, 15) is 0 Å². The minimum Gasteiger partial charge on any atom is -0.398 e. The van der Waals surface area contributed by atoms with Crippen LogP contribution in [0.1, 0.15) is 6.92 Å². The molecule has 1 rings (SSSR count). The average Bonchev–Trinajstić information content (AvgIpc) is 2.07. The van der Waals surface area contributed by atoms with Crippen LogP contribution in [0.15, 0.2) is 28.7 Å². The maximum absolute atomic E-state index is 3.46. The molecular weight excluding hydrogens is 254 g/mol. The first-order valence-corrected chi connectivity index (χ1v) is 9.22. The molecule has 0 bridgehead atoms. The quantitative estimate of drug-likeness (QED) is 0.748. The number of anilines is 1. The average molecular weight is 272 g/mol. The number of nitrogens with zero attached hydrogens (tertiary/aromatic N) is 1. The van der Waals surface area contributed by atoms with Crippen molar-refractivity contribution in [2.75, 3.05) is 11.1 Å². The summed E-state index contributed by atoms with van der Waals surface area (Å²) in [7, 11) is -1.23. The molecule has 0 atom stereocenters. The lowest BCUT2D eigenvalue weighted by molar-refractivity contribution is 1.05. The van der Waals surface area contributed by atoms with Crippen molar-refractivity contribution in [3.63, 3.8) is 0 Å². The summed E-state index contributed by atoms with van der Waals surface area (Å²) >= 11 is 3.46. The Bertz CT molecular complexity index is 289. The van der Waals surface area contributed by atoms with Gasteiger partial charge in [-0.3, -0.25) is 0 Å². The maximum Gasteiger partial charge on any atom is 0.147 e. The van der Waals surface area contributed by atoms with Crippen LogP contribution < -0.4 is 4.57 Å². The SMILES string of the molecule is CCN(c1ccc(Br)cc1)[Si](C)(C)C. The van der Waals surface area contributed by atoms with Crippen molar-refractivity contribution in [2.45, 2.75) is 26.6 Å². The Morgan fingerprint density at radius 2 is 1.64 bits per heavy atom. The van der Waals surface area contributed by atoms with E-state index in [2.05, 4.69) is 71.3 Å². The Morgan fingerprint density at radius 3 is 2.00 bits per heavy atom. The minimum absolute atomic E-state index is 1.09. The summed E-state index contributed by atoms with van der Waals surface area (Å²) < 4.78 is 3.67. The molecule has 0 saturated heterocycles. The van der Waals surface area contributed by atoms with Gasteiger partial charge in [0.2, 0.25) is 0 Å². The number of benzene rings is 1.